The van der Waals surface area contributed by atoms with Crippen molar-refractivity contribution in [3.8, 4) is 0 Å². The maximum absolute atomic E-state index is 11.6. The Hall–Kier alpha value is -2.57. The molecule has 3 amide bonds. The maximum Gasteiger partial charge on any atom is 0.335 e. The molecule has 7 heteroatoms. The van der Waals surface area contributed by atoms with E-state index in [0.717, 1.165) is 5.56 Å². The van der Waals surface area contributed by atoms with E-state index in [4.69, 9.17) is 5.11 Å². The van der Waals surface area contributed by atoms with Gasteiger partial charge < -0.3 is 20.6 Å². The molecule has 0 aromatic heterocycles. The van der Waals surface area contributed by atoms with Crippen LogP contribution in [0.25, 0.3) is 0 Å². The van der Waals surface area contributed by atoms with Gasteiger partial charge in [0.1, 0.15) is 6.04 Å². The van der Waals surface area contributed by atoms with E-state index in [1.165, 1.54) is 17.0 Å². The Labute approximate surface area is 122 Å². The van der Waals surface area contributed by atoms with Crippen LogP contribution < -0.4 is 10.6 Å². The van der Waals surface area contributed by atoms with Gasteiger partial charge in [0, 0.05) is 20.6 Å². The average Bonchev–Trinajstić information content (AvgIpc) is 2.44. The van der Waals surface area contributed by atoms with E-state index < -0.39 is 18.0 Å². The summed E-state index contributed by atoms with van der Waals surface area (Å²) in [4.78, 5) is 35.3. The van der Waals surface area contributed by atoms with E-state index in [-0.39, 0.29) is 18.0 Å². The number of carboxylic acid groups (broad SMARTS) is 1. The topological polar surface area (TPSA) is 98.7 Å². The minimum atomic E-state index is -0.997. The van der Waals surface area contributed by atoms with Crippen LogP contribution in [-0.4, -0.2) is 48.1 Å². The lowest BCUT2D eigenvalue weighted by Crippen LogP contribution is -2.47. The van der Waals surface area contributed by atoms with Crippen LogP contribution >= 0.6 is 0 Å². The number of hydrogen-bond donors (Lipinski definition) is 3. The van der Waals surface area contributed by atoms with Gasteiger partial charge in [-0.1, -0.05) is 12.1 Å². The lowest BCUT2D eigenvalue weighted by atomic mass is 10.1. The highest BCUT2D eigenvalue weighted by Crippen LogP contribution is 2.04. The molecule has 1 aromatic rings. The molecule has 7 nitrogen and oxygen atoms in total. The molecule has 0 heterocycles. The Bertz CT molecular complexity index is 526. The van der Waals surface area contributed by atoms with E-state index in [1.54, 1.807) is 33.2 Å². The molecule has 0 radical (unpaired) electrons. The summed E-state index contributed by atoms with van der Waals surface area (Å²) < 4.78 is 0. The van der Waals surface area contributed by atoms with Gasteiger partial charge in [0.05, 0.1) is 5.56 Å². The van der Waals surface area contributed by atoms with Gasteiger partial charge in [0.15, 0.2) is 0 Å². The number of carbonyl (C=O) groups is 3. The zero-order valence-corrected chi connectivity index (χ0v) is 12.2. The molecule has 0 saturated heterocycles. The first-order valence-corrected chi connectivity index (χ1v) is 6.39. The number of hydrogen-bond acceptors (Lipinski definition) is 3. The molecule has 21 heavy (non-hydrogen) atoms. The van der Waals surface area contributed by atoms with Gasteiger partial charge in [-0.15, -0.1) is 0 Å². The van der Waals surface area contributed by atoms with Crippen molar-refractivity contribution < 1.29 is 19.5 Å². The van der Waals surface area contributed by atoms with E-state index in [0.29, 0.717) is 0 Å². The molecule has 0 bridgehead atoms. The molecule has 0 aliphatic heterocycles. The standard InChI is InChI=1S/C14H19N3O4/c1-9(12(18)17(2)3)16-14(21)15-8-10-4-6-11(7-5-10)13(19)20/h4-7,9H,8H2,1-3H3,(H,19,20)(H2,15,16,21). The fraction of sp³-hybridized carbons (Fsp3) is 0.357. The Morgan fingerprint density at radius 2 is 1.76 bits per heavy atom. The highest BCUT2D eigenvalue weighted by atomic mass is 16.4. The first-order valence-electron chi connectivity index (χ1n) is 6.39. The molecule has 114 valence electrons. The molecule has 0 spiro atoms. The normalized spacial score (nSPS) is 11.4. The zero-order valence-electron chi connectivity index (χ0n) is 12.2. The predicted octanol–water partition coefficient (Wildman–Crippen LogP) is 0.661. The number of rotatable bonds is 5. The van der Waals surface area contributed by atoms with Crippen molar-refractivity contribution in [2.75, 3.05) is 14.1 Å². The van der Waals surface area contributed by atoms with Crippen LogP contribution in [-0.2, 0) is 11.3 Å². The van der Waals surface area contributed by atoms with Crippen molar-refractivity contribution in [1.29, 1.82) is 0 Å². The third-order valence-electron chi connectivity index (χ3n) is 2.81. The van der Waals surface area contributed by atoms with Gasteiger partial charge in [0.25, 0.3) is 0 Å². The zero-order chi connectivity index (χ0) is 16.0. The molecule has 1 unspecified atom stereocenters. The molecule has 0 saturated carbocycles. The largest absolute Gasteiger partial charge is 0.478 e. The average molecular weight is 293 g/mol. The first kappa shape index (κ1) is 16.5. The molecule has 3 N–H and O–H groups in total. The van der Waals surface area contributed by atoms with Crippen LogP contribution in [0.1, 0.15) is 22.8 Å². The van der Waals surface area contributed by atoms with Crippen molar-refractivity contribution >= 4 is 17.9 Å². The van der Waals surface area contributed by atoms with Gasteiger partial charge in [0.2, 0.25) is 5.91 Å². The highest BCUT2D eigenvalue weighted by Gasteiger charge is 2.16. The molecule has 0 aliphatic rings. The summed E-state index contributed by atoms with van der Waals surface area (Å²) in [5, 5.41) is 13.9. The predicted molar refractivity (Wildman–Crippen MR) is 76.9 cm³/mol. The number of urea groups is 1. The van der Waals surface area contributed by atoms with E-state index in [9.17, 15) is 14.4 Å². The molecular formula is C14H19N3O4. The molecule has 1 aromatic carbocycles. The van der Waals surface area contributed by atoms with Crippen LogP contribution in [0.4, 0.5) is 4.79 Å². The van der Waals surface area contributed by atoms with Gasteiger partial charge in [-0.2, -0.15) is 0 Å². The lowest BCUT2D eigenvalue weighted by molar-refractivity contribution is -0.130. The summed E-state index contributed by atoms with van der Waals surface area (Å²) in [6.07, 6.45) is 0. The lowest BCUT2D eigenvalue weighted by Gasteiger charge is -2.18. The van der Waals surface area contributed by atoms with Crippen LogP contribution in [0.15, 0.2) is 24.3 Å². The number of aromatic carboxylic acids is 1. The van der Waals surface area contributed by atoms with Gasteiger partial charge in [-0.3, -0.25) is 4.79 Å². The quantitative estimate of drug-likeness (QED) is 0.742. The maximum atomic E-state index is 11.6. The van der Waals surface area contributed by atoms with Crippen molar-refractivity contribution in [2.24, 2.45) is 0 Å². The van der Waals surface area contributed by atoms with Gasteiger partial charge in [-0.05, 0) is 24.6 Å². The second-order valence-electron chi connectivity index (χ2n) is 4.78. The monoisotopic (exact) mass is 293 g/mol. The fourth-order valence-electron chi connectivity index (χ4n) is 1.64. The number of nitrogens with one attached hydrogen (secondary N) is 2. The summed E-state index contributed by atoms with van der Waals surface area (Å²) in [6.45, 7) is 1.85. The third-order valence-corrected chi connectivity index (χ3v) is 2.81. The fourth-order valence-corrected chi connectivity index (χ4v) is 1.64. The number of benzene rings is 1. The Morgan fingerprint density at radius 3 is 2.24 bits per heavy atom. The highest BCUT2D eigenvalue weighted by molar-refractivity contribution is 5.87. The second kappa shape index (κ2) is 7.28. The third kappa shape index (κ3) is 5.13. The number of carbonyl (C=O) groups excluding carboxylic acids is 2. The molecular weight excluding hydrogens is 274 g/mol. The van der Waals surface area contributed by atoms with Gasteiger partial charge >= 0.3 is 12.0 Å². The SMILES string of the molecule is CC(NC(=O)NCc1ccc(C(=O)O)cc1)C(=O)N(C)C. The van der Waals surface area contributed by atoms with Crippen LogP contribution in [0.2, 0.25) is 0 Å². The van der Waals surface area contributed by atoms with Crippen LogP contribution in [0.3, 0.4) is 0 Å². The molecule has 0 fully saturated rings. The number of carboxylic acids is 1. The first-order chi connectivity index (χ1) is 9.81. The minimum absolute atomic E-state index is 0.188. The summed E-state index contributed by atoms with van der Waals surface area (Å²) in [7, 11) is 3.23. The summed E-state index contributed by atoms with van der Waals surface area (Å²) >= 11 is 0. The minimum Gasteiger partial charge on any atom is -0.478 e. The Balaban J connectivity index is 2.46. The Kier molecular flexibility index (Phi) is 5.71. The second-order valence-corrected chi connectivity index (χ2v) is 4.78. The van der Waals surface area contributed by atoms with Crippen molar-refractivity contribution in [1.82, 2.24) is 15.5 Å². The van der Waals surface area contributed by atoms with Crippen LogP contribution in [0, 0.1) is 0 Å². The molecule has 0 aliphatic carbocycles. The van der Waals surface area contributed by atoms with Crippen LogP contribution in [0.5, 0.6) is 0 Å². The summed E-state index contributed by atoms with van der Waals surface area (Å²) in [5.41, 5.74) is 0.954. The molecule has 1 rings (SSSR count). The van der Waals surface area contributed by atoms with Crippen molar-refractivity contribution in [3.63, 3.8) is 0 Å². The van der Waals surface area contributed by atoms with E-state index in [2.05, 4.69) is 10.6 Å². The smallest absolute Gasteiger partial charge is 0.335 e. The molecule has 1 atom stereocenters. The van der Waals surface area contributed by atoms with Crippen molar-refractivity contribution in [2.45, 2.75) is 19.5 Å². The number of amides is 3. The van der Waals surface area contributed by atoms with E-state index >= 15 is 0 Å². The summed E-state index contributed by atoms with van der Waals surface area (Å²) in [6, 6.07) is 5.11. The summed E-state index contributed by atoms with van der Waals surface area (Å²) in [5.74, 6) is -1.20. The Morgan fingerprint density at radius 1 is 1.19 bits per heavy atom. The van der Waals surface area contributed by atoms with E-state index in [1.807, 2.05) is 0 Å². The number of nitrogens with zero attached hydrogens (tertiary/aromatic N) is 1. The van der Waals surface area contributed by atoms with Gasteiger partial charge in [-0.25, -0.2) is 9.59 Å². The number of likely N-dealkylation sites (N-methyl/N-ethyl adjacent to an activating group) is 1. The van der Waals surface area contributed by atoms with Crippen molar-refractivity contribution in [3.05, 3.63) is 35.4 Å².